The van der Waals surface area contributed by atoms with E-state index < -0.39 is 17.5 Å². The number of halogens is 2. The highest BCUT2D eigenvalue weighted by molar-refractivity contribution is 6.04. The average molecular weight is 385 g/mol. The number of rotatable bonds is 6. The van der Waals surface area contributed by atoms with Crippen LogP contribution in [0.4, 0.5) is 26.0 Å². The van der Waals surface area contributed by atoms with E-state index in [1.165, 1.54) is 31.5 Å². The first-order chi connectivity index (χ1) is 13.5. The first-order valence-corrected chi connectivity index (χ1v) is 8.21. The lowest BCUT2D eigenvalue weighted by Gasteiger charge is -2.13. The van der Waals surface area contributed by atoms with Crippen LogP contribution in [0.1, 0.15) is 10.4 Å². The Morgan fingerprint density at radius 1 is 0.964 bits per heavy atom. The summed E-state index contributed by atoms with van der Waals surface area (Å²) < 4.78 is 36.8. The minimum Gasteiger partial charge on any atom is -0.497 e. The van der Waals surface area contributed by atoms with Crippen molar-refractivity contribution in [1.29, 1.82) is 0 Å². The molecule has 0 saturated heterocycles. The van der Waals surface area contributed by atoms with Crippen LogP contribution in [0.2, 0.25) is 0 Å². The average Bonchev–Trinajstić information content (AvgIpc) is 2.71. The van der Waals surface area contributed by atoms with Crippen LogP contribution in [-0.4, -0.2) is 25.1 Å². The van der Waals surface area contributed by atoms with Gasteiger partial charge in [0, 0.05) is 29.6 Å². The summed E-state index contributed by atoms with van der Waals surface area (Å²) >= 11 is 0. The van der Waals surface area contributed by atoms with Gasteiger partial charge in [-0.15, -0.1) is 0 Å². The minimum absolute atomic E-state index is 0.143. The molecule has 2 aromatic carbocycles. The Morgan fingerprint density at radius 3 is 2.50 bits per heavy atom. The molecule has 2 N–H and O–H groups in total. The molecule has 1 amide bonds. The second-order valence-corrected chi connectivity index (χ2v) is 5.70. The molecular formula is C20H17F2N3O3. The van der Waals surface area contributed by atoms with Gasteiger partial charge >= 0.3 is 0 Å². The number of ether oxygens (including phenoxy) is 2. The number of carbonyl (C=O) groups excluding carboxylic acids is 1. The van der Waals surface area contributed by atoms with Gasteiger partial charge in [-0.3, -0.25) is 4.79 Å². The zero-order valence-electron chi connectivity index (χ0n) is 15.1. The van der Waals surface area contributed by atoms with Gasteiger partial charge in [0.15, 0.2) is 11.6 Å². The standard InChI is InChI=1S/C20H17F2N3O3/c1-27-14-4-6-18(28-2)17(11-14)25-19-9-12(7-8-23-19)20(26)24-13-3-5-15(21)16(22)10-13/h3-11H,1-2H3,(H,23,25)(H,24,26). The topological polar surface area (TPSA) is 72.5 Å². The van der Waals surface area contributed by atoms with Crippen LogP contribution < -0.4 is 20.1 Å². The number of anilines is 3. The Bertz CT molecular complexity index is 1010. The van der Waals surface area contributed by atoms with Gasteiger partial charge in [0.25, 0.3) is 5.91 Å². The second-order valence-electron chi connectivity index (χ2n) is 5.70. The molecule has 0 aliphatic heterocycles. The van der Waals surface area contributed by atoms with E-state index >= 15 is 0 Å². The number of nitrogens with zero attached hydrogens (tertiary/aromatic N) is 1. The van der Waals surface area contributed by atoms with Crippen molar-refractivity contribution in [2.75, 3.05) is 24.9 Å². The molecule has 0 radical (unpaired) electrons. The van der Waals surface area contributed by atoms with E-state index in [9.17, 15) is 13.6 Å². The third kappa shape index (κ3) is 4.35. The highest BCUT2D eigenvalue weighted by atomic mass is 19.2. The van der Waals surface area contributed by atoms with Gasteiger partial charge in [-0.1, -0.05) is 0 Å². The zero-order valence-corrected chi connectivity index (χ0v) is 15.1. The SMILES string of the molecule is COc1ccc(OC)c(Nc2cc(C(=O)Nc3ccc(F)c(F)c3)ccn2)c1. The number of methoxy groups -OCH3 is 2. The van der Waals surface area contributed by atoms with Crippen molar-refractivity contribution in [2.24, 2.45) is 0 Å². The molecule has 1 aromatic heterocycles. The van der Waals surface area contributed by atoms with Gasteiger partial charge in [0.2, 0.25) is 0 Å². The molecule has 8 heteroatoms. The zero-order chi connectivity index (χ0) is 20.1. The summed E-state index contributed by atoms with van der Waals surface area (Å²) in [6.45, 7) is 0. The fraction of sp³-hybridized carbons (Fsp3) is 0.100. The van der Waals surface area contributed by atoms with Gasteiger partial charge in [-0.2, -0.15) is 0 Å². The number of hydrogen-bond acceptors (Lipinski definition) is 5. The number of benzene rings is 2. The Hall–Kier alpha value is -3.68. The van der Waals surface area contributed by atoms with Gasteiger partial charge < -0.3 is 20.1 Å². The molecule has 28 heavy (non-hydrogen) atoms. The molecule has 0 spiro atoms. The van der Waals surface area contributed by atoms with Crippen LogP contribution in [-0.2, 0) is 0 Å². The molecule has 1 heterocycles. The smallest absolute Gasteiger partial charge is 0.255 e. The van der Waals surface area contributed by atoms with Gasteiger partial charge in [0.05, 0.1) is 19.9 Å². The molecule has 144 valence electrons. The second kappa shape index (κ2) is 8.34. The first-order valence-electron chi connectivity index (χ1n) is 8.21. The van der Waals surface area contributed by atoms with Crippen molar-refractivity contribution in [1.82, 2.24) is 4.98 Å². The highest BCUT2D eigenvalue weighted by Gasteiger charge is 2.11. The van der Waals surface area contributed by atoms with Gasteiger partial charge in [-0.25, -0.2) is 13.8 Å². The summed E-state index contributed by atoms with van der Waals surface area (Å²) in [5, 5.41) is 5.58. The predicted octanol–water partition coefficient (Wildman–Crippen LogP) is 4.37. The molecule has 0 unspecified atom stereocenters. The van der Waals surface area contributed by atoms with Gasteiger partial charge in [-0.05, 0) is 36.4 Å². The molecule has 0 aliphatic carbocycles. The number of carbonyl (C=O) groups is 1. The fourth-order valence-corrected chi connectivity index (χ4v) is 2.47. The minimum atomic E-state index is -1.04. The van der Waals surface area contributed by atoms with E-state index in [1.54, 1.807) is 25.3 Å². The van der Waals surface area contributed by atoms with E-state index in [2.05, 4.69) is 15.6 Å². The van der Waals surface area contributed by atoms with Crippen LogP contribution in [0.3, 0.4) is 0 Å². The predicted molar refractivity (Wildman–Crippen MR) is 101 cm³/mol. The molecule has 0 saturated carbocycles. The third-order valence-electron chi connectivity index (χ3n) is 3.87. The lowest BCUT2D eigenvalue weighted by molar-refractivity contribution is 0.102. The molecule has 0 atom stereocenters. The van der Waals surface area contributed by atoms with E-state index in [0.717, 1.165) is 12.1 Å². The van der Waals surface area contributed by atoms with Crippen molar-refractivity contribution < 1.29 is 23.0 Å². The Morgan fingerprint density at radius 2 is 1.79 bits per heavy atom. The lowest BCUT2D eigenvalue weighted by Crippen LogP contribution is -2.12. The van der Waals surface area contributed by atoms with Gasteiger partial charge in [0.1, 0.15) is 17.3 Å². The Kier molecular flexibility index (Phi) is 5.69. The third-order valence-corrected chi connectivity index (χ3v) is 3.87. The van der Waals surface area contributed by atoms with E-state index in [-0.39, 0.29) is 11.3 Å². The number of aromatic nitrogens is 1. The molecular weight excluding hydrogens is 368 g/mol. The van der Waals surface area contributed by atoms with Crippen LogP contribution in [0.25, 0.3) is 0 Å². The number of hydrogen-bond donors (Lipinski definition) is 2. The quantitative estimate of drug-likeness (QED) is 0.659. The molecule has 0 bridgehead atoms. The molecule has 0 aliphatic rings. The summed E-state index contributed by atoms with van der Waals surface area (Å²) in [6, 6.07) is 11.4. The number of nitrogens with one attached hydrogen (secondary N) is 2. The fourth-order valence-electron chi connectivity index (χ4n) is 2.47. The summed E-state index contributed by atoms with van der Waals surface area (Å²) in [7, 11) is 3.08. The van der Waals surface area contributed by atoms with Crippen LogP contribution >= 0.6 is 0 Å². The maximum Gasteiger partial charge on any atom is 0.255 e. The van der Waals surface area contributed by atoms with Crippen molar-refractivity contribution in [2.45, 2.75) is 0 Å². The Balaban J connectivity index is 1.80. The molecule has 0 fully saturated rings. The van der Waals surface area contributed by atoms with Crippen molar-refractivity contribution >= 4 is 23.1 Å². The van der Waals surface area contributed by atoms with Crippen LogP contribution in [0.5, 0.6) is 11.5 Å². The Labute approximate surface area is 160 Å². The summed E-state index contributed by atoms with van der Waals surface area (Å²) in [5.41, 5.74) is 1.03. The normalized spacial score (nSPS) is 10.3. The van der Waals surface area contributed by atoms with Crippen LogP contribution in [0, 0.1) is 11.6 Å². The monoisotopic (exact) mass is 385 g/mol. The number of pyridine rings is 1. The van der Waals surface area contributed by atoms with E-state index in [4.69, 9.17) is 9.47 Å². The maximum atomic E-state index is 13.3. The van der Waals surface area contributed by atoms with E-state index in [1.807, 2.05) is 0 Å². The summed E-state index contributed by atoms with van der Waals surface area (Å²) in [5.74, 6) is -0.936. The van der Waals surface area contributed by atoms with Crippen LogP contribution in [0.15, 0.2) is 54.7 Å². The van der Waals surface area contributed by atoms with Crippen molar-refractivity contribution in [3.8, 4) is 11.5 Å². The maximum absolute atomic E-state index is 13.3. The largest absolute Gasteiger partial charge is 0.497 e. The van der Waals surface area contributed by atoms with E-state index in [0.29, 0.717) is 23.0 Å². The highest BCUT2D eigenvalue weighted by Crippen LogP contribution is 2.31. The lowest BCUT2D eigenvalue weighted by atomic mass is 10.2. The summed E-state index contributed by atoms with van der Waals surface area (Å²) in [6.07, 6.45) is 1.45. The summed E-state index contributed by atoms with van der Waals surface area (Å²) in [4.78, 5) is 16.6. The van der Waals surface area contributed by atoms with Crippen molar-refractivity contribution in [3.05, 3.63) is 71.9 Å². The molecule has 6 nitrogen and oxygen atoms in total. The first kappa shape index (κ1) is 19.1. The molecule has 3 rings (SSSR count). The van der Waals surface area contributed by atoms with Crippen molar-refractivity contribution in [3.63, 3.8) is 0 Å². The molecule has 3 aromatic rings. The number of amides is 1.